The molecule has 14 heavy (non-hydrogen) atoms. The molecule has 0 aliphatic carbocycles. The molecule has 3 nitrogen and oxygen atoms in total. The Hall–Kier alpha value is -0.540. The van der Waals surface area contributed by atoms with Gasteiger partial charge in [0.2, 0.25) is 0 Å². The minimum atomic E-state index is 0. The summed E-state index contributed by atoms with van der Waals surface area (Å²) in [5, 5.41) is 7.69. The summed E-state index contributed by atoms with van der Waals surface area (Å²) in [7, 11) is 1.96. The van der Waals surface area contributed by atoms with Crippen molar-refractivity contribution in [2.75, 3.05) is 6.54 Å². The van der Waals surface area contributed by atoms with Gasteiger partial charge in [-0.1, -0.05) is 13.8 Å². The van der Waals surface area contributed by atoms with Crippen LogP contribution in [0.1, 0.15) is 25.1 Å². The highest BCUT2D eigenvalue weighted by Gasteiger charge is 2.02. The van der Waals surface area contributed by atoms with E-state index in [1.165, 1.54) is 5.56 Å². The van der Waals surface area contributed by atoms with Crippen molar-refractivity contribution in [3.8, 4) is 0 Å². The number of nitrogens with zero attached hydrogens (tertiary/aromatic N) is 2. The third-order valence-corrected chi connectivity index (χ3v) is 1.98. The lowest BCUT2D eigenvalue weighted by atomic mass is 10.2. The van der Waals surface area contributed by atoms with Crippen molar-refractivity contribution in [2.24, 2.45) is 13.0 Å². The second-order valence-corrected chi connectivity index (χ2v) is 3.94. The van der Waals surface area contributed by atoms with Gasteiger partial charge in [-0.15, -0.1) is 12.4 Å². The number of aryl methyl sites for hydroxylation is 2. The number of nitrogens with one attached hydrogen (secondary N) is 1. The molecule has 0 radical (unpaired) electrons. The van der Waals surface area contributed by atoms with Gasteiger partial charge in [-0.3, -0.25) is 4.68 Å². The van der Waals surface area contributed by atoms with Crippen LogP contribution < -0.4 is 5.32 Å². The zero-order chi connectivity index (χ0) is 9.84. The summed E-state index contributed by atoms with van der Waals surface area (Å²) in [5.74, 6) is 0.706. The SMILES string of the molecule is Cc1nn(C)cc1CNCC(C)C.Cl. The van der Waals surface area contributed by atoms with Crippen LogP contribution in [0.15, 0.2) is 6.20 Å². The molecule has 0 bridgehead atoms. The topological polar surface area (TPSA) is 29.9 Å². The number of hydrogen-bond acceptors (Lipinski definition) is 2. The molecule has 82 valence electrons. The highest BCUT2D eigenvalue weighted by atomic mass is 35.5. The maximum absolute atomic E-state index is 4.29. The molecule has 1 aromatic heterocycles. The van der Waals surface area contributed by atoms with Gasteiger partial charge >= 0.3 is 0 Å². The molecule has 0 spiro atoms. The van der Waals surface area contributed by atoms with Crippen LogP contribution in [0.4, 0.5) is 0 Å². The standard InChI is InChI=1S/C10H19N3.ClH/c1-8(2)5-11-6-10-7-13(4)12-9(10)3;/h7-8,11H,5-6H2,1-4H3;1H. The van der Waals surface area contributed by atoms with Gasteiger partial charge < -0.3 is 5.32 Å². The molecule has 1 N–H and O–H groups in total. The zero-order valence-electron chi connectivity index (χ0n) is 9.37. The fourth-order valence-electron chi connectivity index (χ4n) is 1.32. The van der Waals surface area contributed by atoms with Gasteiger partial charge in [-0.05, 0) is 19.4 Å². The Bertz CT molecular complexity index is 268. The van der Waals surface area contributed by atoms with Crippen LogP contribution in [0.5, 0.6) is 0 Å². The first kappa shape index (κ1) is 13.5. The molecule has 0 saturated carbocycles. The molecule has 0 unspecified atom stereocenters. The van der Waals surface area contributed by atoms with Crippen LogP contribution in [0.25, 0.3) is 0 Å². The maximum atomic E-state index is 4.29. The third-order valence-electron chi connectivity index (χ3n) is 1.98. The van der Waals surface area contributed by atoms with Gasteiger partial charge in [0.15, 0.2) is 0 Å². The molecule has 0 atom stereocenters. The van der Waals surface area contributed by atoms with Gasteiger partial charge in [0.25, 0.3) is 0 Å². The molecule has 0 fully saturated rings. The summed E-state index contributed by atoms with van der Waals surface area (Å²) in [4.78, 5) is 0. The summed E-state index contributed by atoms with van der Waals surface area (Å²) < 4.78 is 1.86. The molecule has 1 rings (SSSR count). The molecular weight excluding hydrogens is 198 g/mol. The van der Waals surface area contributed by atoms with E-state index in [4.69, 9.17) is 0 Å². The first-order chi connectivity index (χ1) is 6.09. The molecular formula is C10H20ClN3. The lowest BCUT2D eigenvalue weighted by molar-refractivity contribution is 0.551. The maximum Gasteiger partial charge on any atom is 0.0638 e. The van der Waals surface area contributed by atoms with Crippen LogP contribution in [-0.4, -0.2) is 16.3 Å². The van der Waals surface area contributed by atoms with E-state index >= 15 is 0 Å². The summed E-state index contributed by atoms with van der Waals surface area (Å²) in [6.45, 7) is 8.46. The van der Waals surface area contributed by atoms with E-state index in [1.807, 2.05) is 18.7 Å². The van der Waals surface area contributed by atoms with Crippen LogP contribution in [0.2, 0.25) is 0 Å². The Labute approximate surface area is 92.3 Å². The Balaban J connectivity index is 0.00000169. The Morgan fingerprint density at radius 3 is 2.57 bits per heavy atom. The van der Waals surface area contributed by atoms with Crippen molar-refractivity contribution in [1.29, 1.82) is 0 Å². The average Bonchev–Trinajstić information content (AvgIpc) is 2.29. The van der Waals surface area contributed by atoms with Crippen molar-refractivity contribution >= 4 is 12.4 Å². The molecule has 0 amide bonds. The van der Waals surface area contributed by atoms with Gasteiger partial charge in [0, 0.05) is 25.4 Å². The molecule has 0 aliphatic heterocycles. The average molecular weight is 218 g/mol. The van der Waals surface area contributed by atoms with Gasteiger partial charge in [-0.25, -0.2) is 0 Å². The quantitative estimate of drug-likeness (QED) is 0.835. The Morgan fingerprint density at radius 1 is 1.50 bits per heavy atom. The largest absolute Gasteiger partial charge is 0.312 e. The fourth-order valence-corrected chi connectivity index (χ4v) is 1.32. The Kier molecular flexibility index (Phi) is 5.81. The smallest absolute Gasteiger partial charge is 0.0638 e. The second-order valence-electron chi connectivity index (χ2n) is 3.94. The van der Waals surface area contributed by atoms with Gasteiger partial charge in [0.1, 0.15) is 0 Å². The summed E-state index contributed by atoms with van der Waals surface area (Å²) >= 11 is 0. The lowest BCUT2D eigenvalue weighted by Gasteiger charge is -2.05. The summed E-state index contributed by atoms with van der Waals surface area (Å²) in [6, 6.07) is 0. The first-order valence-corrected chi connectivity index (χ1v) is 4.79. The van der Waals surface area contributed by atoms with E-state index in [-0.39, 0.29) is 12.4 Å². The predicted molar refractivity (Wildman–Crippen MR) is 61.7 cm³/mol. The van der Waals surface area contributed by atoms with Crippen LogP contribution in [-0.2, 0) is 13.6 Å². The van der Waals surface area contributed by atoms with E-state index in [2.05, 4.69) is 30.5 Å². The van der Waals surface area contributed by atoms with Crippen molar-refractivity contribution in [1.82, 2.24) is 15.1 Å². The van der Waals surface area contributed by atoms with Crippen molar-refractivity contribution in [3.63, 3.8) is 0 Å². The molecule has 4 heteroatoms. The Morgan fingerprint density at radius 2 is 2.14 bits per heavy atom. The van der Waals surface area contributed by atoms with Gasteiger partial charge in [0.05, 0.1) is 5.69 Å². The fraction of sp³-hybridized carbons (Fsp3) is 0.700. The van der Waals surface area contributed by atoms with E-state index in [9.17, 15) is 0 Å². The van der Waals surface area contributed by atoms with Crippen LogP contribution in [0.3, 0.4) is 0 Å². The molecule has 0 aliphatic rings. The number of halogens is 1. The first-order valence-electron chi connectivity index (χ1n) is 4.79. The number of hydrogen-bond donors (Lipinski definition) is 1. The number of aromatic nitrogens is 2. The number of rotatable bonds is 4. The van der Waals surface area contributed by atoms with E-state index in [0.717, 1.165) is 18.8 Å². The highest BCUT2D eigenvalue weighted by molar-refractivity contribution is 5.85. The van der Waals surface area contributed by atoms with Crippen LogP contribution >= 0.6 is 12.4 Å². The van der Waals surface area contributed by atoms with E-state index < -0.39 is 0 Å². The van der Waals surface area contributed by atoms with Crippen molar-refractivity contribution < 1.29 is 0 Å². The minimum Gasteiger partial charge on any atom is -0.312 e. The summed E-state index contributed by atoms with van der Waals surface area (Å²) in [6.07, 6.45) is 2.07. The van der Waals surface area contributed by atoms with E-state index in [0.29, 0.717) is 5.92 Å². The lowest BCUT2D eigenvalue weighted by Crippen LogP contribution is -2.19. The molecule has 0 aromatic carbocycles. The van der Waals surface area contributed by atoms with E-state index in [1.54, 1.807) is 0 Å². The minimum absolute atomic E-state index is 0. The molecule has 1 heterocycles. The molecule has 0 saturated heterocycles. The highest BCUT2D eigenvalue weighted by Crippen LogP contribution is 2.03. The molecule has 1 aromatic rings. The zero-order valence-corrected chi connectivity index (χ0v) is 10.2. The van der Waals surface area contributed by atoms with Gasteiger partial charge in [-0.2, -0.15) is 5.10 Å². The normalized spacial score (nSPS) is 10.4. The monoisotopic (exact) mass is 217 g/mol. The van der Waals surface area contributed by atoms with Crippen molar-refractivity contribution in [3.05, 3.63) is 17.5 Å². The predicted octanol–water partition coefficient (Wildman–Crippen LogP) is 1.90. The third kappa shape index (κ3) is 4.11. The van der Waals surface area contributed by atoms with Crippen molar-refractivity contribution in [2.45, 2.75) is 27.3 Å². The van der Waals surface area contributed by atoms with Crippen LogP contribution in [0, 0.1) is 12.8 Å². The summed E-state index contributed by atoms with van der Waals surface area (Å²) in [5.41, 5.74) is 2.42. The second kappa shape index (κ2) is 6.04.